The van der Waals surface area contributed by atoms with E-state index < -0.39 is 0 Å². The Morgan fingerprint density at radius 1 is 1.32 bits per heavy atom. The van der Waals surface area contributed by atoms with Crippen LogP contribution in [-0.4, -0.2) is 33.4 Å². The first-order chi connectivity index (χ1) is 9.04. The molecule has 0 saturated carbocycles. The quantitative estimate of drug-likeness (QED) is 0.731. The largest absolute Gasteiger partial charge is 0.385 e. The normalized spacial score (nSPS) is 11.1. The molecule has 3 heteroatoms. The van der Waals surface area contributed by atoms with Crippen LogP contribution in [0.15, 0.2) is 18.2 Å². The third-order valence-corrected chi connectivity index (χ3v) is 3.31. The number of ether oxygens (including phenoxy) is 1. The highest BCUT2D eigenvalue weighted by Crippen LogP contribution is 2.18. The van der Waals surface area contributed by atoms with E-state index >= 15 is 0 Å². The summed E-state index contributed by atoms with van der Waals surface area (Å²) in [6.07, 6.45) is 1.06. The number of hydrogen-bond donors (Lipinski definition) is 1. The molecule has 0 heterocycles. The predicted molar refractivity (Wildman–Crippen MR) is 82.9 cm³/mol. The van der Waals surface area contributed by atoms with E-state index in [2.05, 4.69) is 56.2 Å². The lowest BCUT2D eigenvalue weighted by Gasteiger charge is -2.21. The molecular formula is C16H28N2O. The van der Waals surface area contributed by atoms with Crippen molar-refractivity contribution in [2.75, 3.05) is 32.2 Å². The molecule has 0 spiro atoms. The first-order valence-corrected chi connectivity index (χ1v) is 7.07. The van der Waals surface area contributed by atoms with E-state index in [1.807, 2.05) is 0 Å². The number of anilines is 1. The Kier molecular flexibility index (Phi) is 6.89. The summed E-state index contributed by atoms with van der Waals surface area (Å²) in [5.74, 6) is 0. The van der Waals surface area contributed by atoms with E-state index in [0.717, 1.165) is 26.1 Å². The lowest BCUT2D eigenvalue weighted by molar-refractivity contribution is 0.196. The summed E-state index contributed by atoms with van der Waals surface area (Å²) in [7, 11) is 3.89. The fraction of sp³-hybridized carbons (Fsp3) is 0.625. The maximum atomic E-state index is 5.09. The van der Waals surface area contributed by atoms with Gasteiger partial charge in [0.05, 0.1) is 0 Å². The zero-order valence-electron chi connectivity index (χ0n) is 13.0. The smallest absolute Gasteiger partial charge is 0.0479 e. The second kappa shape index (κ2) is 8.18. The summed E-state index contributed by atoms with van der Waals surface area (Å²) in [5, 5.41) is 3.46. The first-order valence-electron chi connectivity index (χ1n) is 7.07. The average molecular weight is 264 g/mol. The van der Waals surface area contributed by atoms with Crippen LogP contribution in [0.5, 0.6) is 0 Å². The first kappa shape index (κ1) is 16.0. The van der Waals surface area contributed by atoms with Crippen LogP contribution in [0, 0.1) is 6.92 Å². The summed E-state index contributed by atoms with van der Waals surface area (Å²) in [4.78, 5) is 2.28. The van der Waals surface area contributed by atoms with Gasteiger partial charge in [-0.15, -0.1) is 0 Å². The van der Waals surface area contributed by atoms with Crippen molar-refractivity contribution in [3.05, 3.63) is 29.3 Å². The van der Waals surface area contributed by atoms with Crippen molar-refractivity contribution in [2.24, 2.45) is 0 Å². The molecule has 1 N–H and O–H groups in total. The molecule has 0 aromatic heterocycles. The van der Waals surface area contributed by atoms with Gasteiger partial charge in [-0.25, -0.2) is 0 Å². The van der Waals surface area contributed by atoms with Crippen molar-refractivity contribution in [2.45, 2.75) is 39.8 Å². The Bertz CT molecular complexity index is 377. The van der Waals surface area contributed by atoms with Crippen LogP contribution in [0.1, 0.15) is 31.4 Å². The SMILES string of the molecule is COCCCN(C)c1ccc(CNC(C)C)c(C)c1. The van der Waals surface area contributed by atoms with Crippen LogP contribution in [0.4, 0.5) is 5.69 Å². The molecular weight excluding hydrogens is 236 g/mol. The molecule has 0 saturated heterocycles. The number of nitrogens with zero attached hydrogens (tertiary/aromatic N) is 1. The van der Waals surface area contributed by atoms with E-state index in [4.69, 9.17) is 4.74 Å². The fourth-order valence-corrected chi connectivity index (χ4v) is 2.01. The molecule has 0 unspecified atom stereocenters. The highest BCUT2D eigenvalue weighted by molar-refractivity contribution is 5.50. The summed E-state index contributed by atoms with van der Waals surface area (Å²) in [6, 6.07) is 7.23. The van der Waals surface area contributed by atoms with E-state index in [1.54, 1.807) is 7.11 Å². The Labute approximate surface area is 118 Å². The van der Waals surface area contributed by atoms with Gasteiger partial charge >= 0.3 is 0 Å². The molecule has 0 fully saturated rings. The molecule has 0 aliphatic rings. The molecule has 0 aliphatic carbocycles. The van der Waals surface area contributed by atoms with Gasteiger partial charge in [-0.3, -0.25) is 0 Å². The number of rotatable bonds is 8. The molecule has 1 aromatic carbocycles. The number of hydrogen-bond acceptors (Lipinski definition) is 3. The molecule has 0 aliphatic heterocycles. The van der Waals surface area contributed by atoms with E-state index in [9.17, 15) is 0 Å². The predicted octanol–water partition coefficient (Wildman–Crippen LogP) is 2.97. The number of benzene rings is 1. The van der Waals surface area contributed by atoms with Crippen LogP contribution in [0.3, 0.4) is 0 Å². The highest BCUT2D eigenvalue weighted by atomic mass is 16.5. The van der Waals surface area contributed by atoms with Crippen molar-refractivity contribution in [3.8, 4) is 0 Å². The molecule has 0 radical (unpaired) electrons. The van der Waals surface area contributed by atoms with Gasteiger partial charge in [-0.1, -0.05) is 19.9 Å². The number of nitrogens with one attached hydrogen (secondary N) is 1. The Balaban J connectivity index is 2.59. The van der Waals surface area contributed by atoms with Gasteiger partial charge in [0.2, 0.25) is 0 Å². The summed E-state index contributed by atoms with van der Waals surface area (Å²) in [5.41, 5.74) is 4.01. The molecule has 1 aromatic rings. The zero-order chi connectivity index (χ0) is 14.3. The molecule has 19 heavy (non-hydrogen) atoms. The molecule has 0 atom stereocenters. The number of aryl methyl sites for hydroxylation is 1. The zero-order valence-corrected chi connectivity index (χ0v) is 13.0. The topological polar surface area (TPSA) is 24.5 Å². The highest BCUT2D eigenvalue weighted by Gasteiger charge is 2.04. The fourth-order valence-electron chi connectivity index (χ4n) is 2.01. The maximum Gasteiger partial charge on any atom is 0.0479 e. The van der Waals surface area contributed by atoms with Crippen molar-refractivity contribution in [3.63, 3.8) is 0 Å². The van der Waals surface area contributed by atoms with Gasteiger partial charge in [0.15, 0.2) is 0 Å². The minimum absolute atomic E-state index is 0.524. The van der Waals surface area contributed by atoms with Crippen LogP contribution < -0.4 is 10.2 Å². The van der Waals surface area contributed by atoms with E-state index in [1.165, 1.54) is 16.8 Å². The third-order valence-electron chi connectivity index (χ3n) is 3.31. The Morgan fingerprint density at radius 2 is 2.05 bits per heavy atom. The maximum absolute atomic E-state index is 5.09. The second-order valence-corrected chi connectivity index (χ2v) is 5.41. The van der Waals surface area contributed by atoms with Crippen molar-refractivity contribution >= 4 is 5.69 Å². The summed E-state index contributed by atoms with van der Waals surface area (Å²) < 4.78 is 5.09. The van der Waals surface area contributed by atoms with E-state index in [0.29, 0.717) is 6.04 Å². The third kappa shape index (κ3) is 5.62. The number of methoxy groups -OCH3 is 1. The minimum atomic E-state index is 0.524. The Hall–Kier alpha value is -1.06. The van der Waals surface area contributed by atoms with Gasteiger partial charge in [-0.05, 0) is 36.6 Å². The van der Waals surface area contributed by atoms with Gasteiger partial charge in [-0.2, -0.15) is 0 Å². The van der Waals surface area contributed by atoms with E-state index in [-0.39, 0.29) is 0 Å². The molecule has 3 nitrogen and oxygen atoms in total. The molecule has 1 rings (SSSR count). The monoisotopic (exact) mass is 264 g/mol. The standard InChI is InChI=1S/C16H28N2O/c1-13(2)17-12-15-7-8-16(11-14(15)3)18(4)9-6-10-19-5/h7-8,11,13,17H,6,9-10,12H2,1-5H3. The molecule has 0 bridgehead atoms. The van der Waals surface area contributed by atoms with Gasteiger partial charge < -0.3 is 15.0 Å². The average Bonchev–Trinajstić information content (AvgIpc) is 2.37. The van der Waals surface area contributed by atoms with Crippen LogP contribution in [0.2, 0.25) is 0 Å². The summed E-state index contributed by atoms with van der Waals surface area (Å²) in [6.45, 7) is 9.32. The van der Waals surface area contributed by atoms with Gasteiger partial charge in [0, 0.05) is 45.6 Å². The van der Waals surface area contributed by atoms with Crippen molar-refractivity contribution in [1.29, 1.82) is 0 Å². The lowest BCUT2D eigenvalue weighted by Crippen LogP contribution is -2.23. The van der Waals surface area contributed by atoms with Crippen LogP contribution in [-0.2, 0) is 11.3 Å². The van der Waals surface area contributed by atoms with Crippen molar-refractivity contribution in [1.82, 2.24) is 5.32 Å². The van der Waals surface area contributed by atoms with Gasteiger partial charge in [0.1, 0.15) is 0 Å². The van der Waals surface area contributed by atoms with Crippen LogP contribution in [0.25, 0.3) is 0 Å². The lowest BCUT2D eigenvalue weighted by atomic mass is 10.1. The molecule has 108 valence electrons. The summed E-state index contributed by atoms with van der Waals surface area (Å²) >= 11 is 0. The van der Waals surface area contributed by atoms with Crippen LogP contribution >= 0.6 is 0 Å². The molecule has 0 amide bonds. The van der Waals surface area contributed by atoms with Crippen molar-refractivity contribution < 1.29 is 4.74 Å². The van der Waals surface area contributed by atoms with Gasteiger partial charge in [0.25, 0.3) is 0 Å². The minimum Gasteiger partial charge on any atom is -0.385 e. The Morgan fingerprint density at radius 3 is 2.63 bits per heavy atom. The second-order valence-electron chi connectivity index (χ2n) is 5.41.